The Morgan fingerprint density at radius 3 is 2.08 bits per heavy atom. The van der Waals surface area contributed by atoms with Gasteiger partial charge in [0.25, 0.3) is 0 Å². The monoisotopic (exact) mass is 349 g/mol. The molecule has 0 bridgehead atoms. The number of ether oxygens (including phenoxy) is 2. The molecular formula is C19H27NO5. The molecule has 0 spiro atoms. The van der Waals surface area contributed by atoms with E-state index in [0.29, 0.717) is 5.56 Å². The largest absolute Gasteiger partial charge is 0.465 e. The first-order chi connectivity index (χ1) is 11.5. The molecule has 0 aliphatic carbocycles. The highest BCUT2D eigenvalue weighted by atomic mass is 16.6. The minimum atomic E-state index is -1.58. The van der Waals surface area contributed by atoms with Crippen LogP contribution in [-0.4, -0.2) is 30.1 Å². The van der Waals surface area contributed by atoms with E-state index in [1.54, 1.807) is 52.0 Å². The van der Waals surface area contributed by atoms with E-state index in [9.17, 15) is 14.4 Å². The molecule has 1 rings (SSSR count). The molecular weight excluding hydrogens is 322 g/mol. The quantitative estimate of drug-likeness (QED) is 0.629. The molecule has 1 aromatic carbocycles. The van der Waals surface area contributed by atoms with Gasteiger partial charge < -0.3 is 14.8 Å². The highest BCUT2D eigenvalue weighted by molar-refractivity contribution is 6.03. The summed E-state index contributed by atoms with van der Waals surface area (Å²) in [6.45, 7) is 9.79. The van der Waals surface area contributed by atoms with Gasteiger partial charge in [-0.15, -0.1) is 0 Å². The van der Waals surface area contributed by atoms with Crippen LogP contribution in [0.4, 0.5) is 4.79 Å². The Hall–Kier alpha value is -2.37. The zero-order chi connectivity index (χ0) is 19.3. The van der Waals surface area contributed by atoms with Crippen LogP contribution in [-0.2, 0) is 19.1 Å². The van der Waals surface area contributed by atoms with E-state index < -0.39 is 34.9 Å². The molecule has 0 aliphatic rings. The van der Waals surface area contributed by atoms with E-state index in [0.717, 1.165) is 0 Å². The molecule has 25 heavy (non-hydrogen) atoms. The van der Waals surface area contributed by atoms with Gasteiger partial charge in [-0.05, 0) is 47.1 Å². The summed E-state index contributed by atoms with van der Waals surface area (Å²) in [6, 6.07) is 7.91. The van der Waals surface area contributed by atoms with Gasteiger partial charge in [-0.3, -0.25) is 9.59 Å². The Kier molecular flexibility index (Phi) is 6.73. The van der Waals surface area contributed by atoms with Crippen LogP contribution in [0.5, 0.6) is 0 Å². The zero-order valence-electron chi connectivity index (χ0n) is 15.7. The third kappa shape index (κ3) is 5.31. The maximum Gasteiger partial charge on any atom is 0.408 e. The van der Waals surface area contributed by atoms with Crippen molar-refractivity contribution < 1.29 is 23.9 Å². The van der Waals surface area contributed by atoms with Crippen molar-refractivity contribution in [3.8, 4) is 0 Å². The van der Waals surface area contributed by atoms with Crippen LogP contribution in [0.1, 0.15) is 53.1 Å². The smallest absolute Gasteiger partial charge is 0.408 e. The number of esters is 1. The fraction of sp³-hybridized carbons (Fsp3) is 0.526. The molecule has 1 N–H and O–H groups in total. The van der Waals surface area contributed by atoms with Gasteiger partial charge in [0.2, 0.25) is 0 Å². The molecule has 1 aromatic rings. The number of carbonyl (C=O) groups is 3. The molecule has 0 aliphatic heterocycles. The lowest BCUT2D eigenvalue weighted by molar-refractivity contribution is -0.160. The second-order valence-corrected chi connectivity index (χ2v) is 6.97. The lowest BCUT2D eigenvalue weighted by Crippen LogP contribution is -2.50. The molecule has 0 saturated carbocycles. The van der Waals surface area contributed by atoms with Crippen molar-refractivity contribution in [3.63, 3.8) is 0 Å². The number of hydrogen-bond donors (Lipinski definition) is 1. The molecule has 2 unspecified atom stereocenters. The standard InChI is InChI=1S/C19H27NO5/c1-7-24-16(22)19(6,13(2)21)15(14-11-9-8-10-12-14)20-17(23)25-18(3,4)5/h8-12,15H,7H2,1-6H3,(H,20,23). The molecule has 0 radical (unpaired) electrons. The van der Waals surface area contributed by atoms with Crippen LogP contribution in [0, 0.1) is 5.41 Å². The summed E-state index contributed by atoms with van der Waals surface area (Å²) in [7, 11) is 0. The molecule has 6 heteroatoms. The molecule has 0 saturated heterocycles. The van der Waals surface area contributed by atoms with Crippen molar-refractivity contribution in [2.24, 2.45) is 5.41 Å². The van der Waals surface area contributed by atoms with Gasteiger partial charge in [0.15, 0.2) is 0 Å². The Morgan fingerprint density at radius 2 is 1.64 bits per heavy atom. The highest BCUT2D eigenvalue weighted by Crippen LogP contribution is 2.36. The Labute approximate surface area is 148 Å². The van der Waals surface area contributed by atoms with Gasteiger partial charge in [0.1, 0.15) is 16.8 Å². The van der Waals surface area contributed by atoms with Gasteiger partial charge in [-0.25, -0.2) is 4.79 Å². The van der Waals surface area contributed by atoms with Crippen molar-refractivity contribution in [1.82, 2.24) is 5.32 Å². The summed E-state index contributed by atoms with van der Waals surface area (Å²) in [5.74, 6) is -1.09. The molecule has 0 heterocycles. The predicted octanol–water partition coefficient (Wildman–Crippen LogP) is 3.41. The number of Topliss-reactive ketones (excluding diaryl/α,β-unsaturated/α-hetero) is 1. The normalized spacial score (nSPS) is 14.8. The minimum absolute atomic E-state index is 0.135. The number of carbonyl (C=O) groups excluding carboxylic acids is 3. The minimum Gasteiger partial charge on any atom is -0.465 e. The van der Waals surface area contributed by atoms with Crippen molar-refractivity contribution in [1.29, 1.82) is 0 Å². The second kappa shape index (κ2) is 8.14. The van der Waals surface area contributed by atoms with Crippen LogP contribution in [0.3, 0.4) is 0 Å². The van der Waals surface area contributed by atoms with E-state index in [2.05, 4.69) is 5.32 Å². The maximum atomic E-state index is 12.6. The summed E-state index contributed by atoms with van der Waals surface area (Å²) in [6.07, 6.45) is -0.710. The first kappa shape index (κ1) is 20.7. The van der Waals surface area contributed by atoms with Crippen molar-refractivity contribution in [2.45, 2.75) is 53.2 Å². The number of ketones is 1. The molecule has 6 nitrogen and oxygen atoms in total. The second-order valence-electron chi connectivity index (χ2n) is 6.97. The fourth-order valence-corrected chi connectivity index (χ4v) is 2.38. The average molecular weight is 349 g/mol. The zero-order valence-corrected chi connectivity index (χ0v) is 15.7. The molecule has 1 amide bonds. The number of amides is 1. The van der Waals surface area contributed by atoms with Gasteiger partial charge in [-0.1, -0.05) is 30.3 Å². The molecule has 138 valence electrons. The Morgan fingerprint density at radius 1 is 1.08 bits per heavy atom. The van der Waals surface area contributed by atoms with E-state index >= 15 is 0 Å². The van der Waals surface area contributed by atoms with Gasteiger partial charge in [-0.2, -0.15) is 0 Å². The summed E-state index contributed by atoms with van der Waals surface area (Å²) < 4.78 is 10.4. The Bertz CT molecular complexity index is 620. The number of hydrogen-bond acceptors (Lipinski definition) is 5. The fourth-order valence-electron chi connectivity index (χ4n) is 2.38. The first-order valence-electron chi connectivity index (χ1n) is 8.25. The molecule has 0 aromatic heterocycles. The third-order valence-corrected chi connectivity index (χ3v) is 3.80. The van der Waals surface area contributed by atoms with E-state index in [1.807, 2.05) is 6.07 Å². The number of nitrogens with one attached hydrogen (secondary N) is 1. The van der Waals surface area contributed by atoms with Crippen LogP contribution < -0.4 is 5.32 Å². The predicted molar refractivity (Wildman–Crippen MR) is 94.0 cm³/mol. The first-order valence-corrected chi connectivity index (χ1v) is 8.25. The number of benzene rings is 1. The van der Waals surface area contributed by atoms with Gasteiger partial charge in [0.05, 0.1) is 12.6 Å². The van der Waals surface area contributed by atoms with E-state index in [-0.39, 0.29) is 6.61 Å². The number of alkyl carbamates (subject to hydrolysis) is 1. The summed E-state index contributed by atoms with van der Waals surface area (Å²) in [4.78, 5) is 37.2. The van der Waals surface area contributed by atoms with Crippen molar-refractivity contribution in [2.75, 3.05) is 6.61 Å². The van der Waals surface area contributed by atoms with Gasteiger partial charge >= 0.3 is 12.1 Å². The molecule has 2 atom stereocenters. The maximum absolute atomic E-state index is 12.6. The molecule has 0 fully saturated rings. The summed E-state index contributed by atoms with van der Waals surface area (Å²) in [5, 5.41) is 2.67. The van der Waals surface area contributed by atoms with Crippen LogP contribution in [0.25, 0.3) is 0 Å². The SMILES string of the molecule is CCOC(=O)C(C)(C(C)=O)C(NC(=O)OC(C)(C)C)c1ccccc1. The summed E-state index contributed by atoms with van der Waals surface area (Å²) in [5.41, 5.74) is -1.67. The van der Waals surface area contributed by atoms with E-state index in [4.69, 9.17) is 9.47 Å². The van der Waals surface area contributed by atoms with Gasteiger partial charge in [0, 0.05) is 0 Å². The van der Waals surface area contributed by atoms with E-state index in [1.165, 1.54) is 13.8 Å². The third-order valence-electron chi connectivity index (χ3n) is 3.80. The summed E-state index contributed by atoms with van der Waals surface area (Å²) >= 11 is 0. The average Bonchev–Trinajstić information content (AvgIpc) is 2.51. The highest BCUT2D eigenvalue weighted by Gasteiger charge is 2.49. The topological polar surface area (TPSA) is 81.7 Å². The lowest BCUT2D eigenvalue weighted by Gasteiger charge is -2.34. The van der Waals surface area contributed by atoms with Crippen LogP contribution in [0.15, 0.2) is 30.3 Å². The number of rotatable bonds is 6. The van der Waals surface area contributed by atoms with Crippen molar-refractivity contribution >= 4 is 17.8 Å². The Balaban J connectivity index is 3.31. The van der Waals surface area contributed by atoms with Crippen molar-refractivity contribution in [3.05, 3.63) is 35.9 Å². The van der Waals surface area contributed by atoms with Crippen LogP contribution in [0.2, 0.25) is 0 Å². The van der Waals surface area contributed by atoms with Crippen LogP contribution >= 0.6 is 0 Å². The lowest BCUT2D eigenvalue weighted by atomic mass is 9.75.